The van der Waals surface area contributed by atoms with Crippen molar-refractivity contribution < 1.29 is 19.8 Å². The van der Waals surface area contributed by atoms with Gasteiger partial charge >= 0.3 is 0 Å². The topological polar surface area (TPSA) is 80.3 Å². The predicted molar refractivity (Wildman–Crippen MR) is 62.4 cm³/mol. The van der Waals surface area contributed by atoms with E-state index in [2.05, 4.69) is 23.7 Å². The summed E-state index contributed by atoms with van der Waals surface area (Å²) in [5.41, 5.74) is -0.508. The SMILES string of the molecule is CC#CCC/C(C(=O)[O-])=C(\CCC#CC)C(=O)[O-]. The van der Waals surface area contributed by atoms with Crippen LogP contribution < -0.4 is 10.2 Å². The van der Waals surface area contributed by atoms with Crippen LogP contribution in [-0.2, 0) is 9.59 Å². The Balaban J connectivity index is 5.11. The number of hydrogen-bond acceptors (Lipinski definition) is 4. The Kier molecular flexibility index (Phi) is 7.81. The molecule has 0 unspecified atom stereocenters. The summed E-state index contributed by atoms with van der Waals surface area (Å²) in [6, 6.07) is 0. The molecule has 0 atom stereocenters. The summed E-state index contributed by atoms with van der Waals surface area (Å²) < 4.78 is 0. The van der Waals surface area contributed by atoms with Crippen LogP contribution >= 0.6 is 0 Å². The Bertz CT molecular complexity index is 419. The lowest BCUT2D eigenvalue weighted by Gasteiger charge is -2.15. The molecule has 0 heterocycles. The second kappa shape index (κ2) is 8.90. The van der Waals surface area contributed by atoms with Gasteiger partial charge in [-0.25, -0.2) is 0 Å². The predicted octanol–water partition coefficient (Wildman–Crippen LogP) is -0.610. The molecule has 0 aromatic carbocycles. The Hall–Kier alpha value is -2.20. The zero-order valence-electron chi connectivity index (χ0n) is 10.5. The van der Waals surface area contributed by atoms with Crippen molar-refractivity contribution in [1.29, 1.82) is 0 Å². The summed E-state index contributed by atoms with van der Waals surface area (Å²) >= 11 is 0. The van der Waals surface area contributed by atoms with E-state index in [1.165, 1.54) is 0 Å². The van der Waals surface area contributed by atoms with Gasteiger partial charge in [0, 0.05) is 12.8 Å². The second-order valence-corrected chi connectivity index (χ2v) is 3.39. The smallest absolute Gasteiger partial charge is 0.0678 e. The van der Waals surface area contributed by atoms with Crippen LogP contribution in [0.25, 0.3) is 0 Å². The molecule has 0 aliphatic carbocycles. The highest BCUT2D eigenvalue weighted by atomic mass is 16.4. The van der Waals surface area contributed by atoms with Gasteiger partial charge < -0.3 is 19.8 Å². The molecule has 0 aromatic rings. The molecule has 0 saturated heterocycles. The first-order chi connectivity index (χ1) is 8.54. The maximum Gasteiger partial charge on any atom is 0.0678 e. The first-order valence-electron chi connectivity index (χ1n) is 5.48. The minimum atomic E-state index is -1.49. The molecular formula is C14H14O4-2. The summed E-state index contributed by atoms with van der Waals surface area (Å²) in [6.07, 6.45) is 0.615. The van der Waals surface area contributed by atoms with Crippen LogP contribution in [0.4, 0.5) is 0 Å². The number of rotatable bonds is 6. The first kappa shape index (κ1) is 15.8. The zero-order valence-corrected chi connectivity index (χ0v) is 10.5. The van der Waals surface area contributed by atoms with Gasteiger partial charge in [-0.1, -0.05) is 0 Å². The highest BCUT2D eigenvalue weighted by molar-refractivity contribution is 5.97. The van der Waals surface area contributed by atoms with Crippen LogP contribution in [-0.4, -0.2) is 11.9 Å². The molecule has 18 heavy (non-hydrogen) atoms. The van der Waals surface area contributed by atoms with E-state index in [0.717, 1.165) is 0 Å². The Morgan fingerprint density at radius 3 is 1.39 bits per heavy atom. The van der Waals surface area contributed by atoms with Crippen molar-refractivity contribution in [3.8, 4) is 23.7 Å². The van der Waals surface area contributed by atoms with Crippen molar-refractivity contribution in [3.63, 3.8) is 0 Å². The molecule has 4 nitrogen and oxygen atoms in total. The third-order valence-electron chi connectivity index (χ3n) is 2.21. The summed E-state index contributed by atoms with van der Waals surface area (Å²) in [6.45, 7) is 3.25. The van der Waals surface area contributed by atoms with Crippen LogP contribution in [0.3, 0.4) is 0 Å². The standard InChI is InChI=1S/C14H16O4/c1-3-5-7-9-11(13(15)16)12(14(17)18)10-8-6-4-2/h7-10H2,1-2H3,(H,15,16)(H,17,18)/p-2/b12-11-. The molecule has 0 N–H and O–H groups in total. The summed E-state index contributed by atoms with van der Waals surface area (Å²) in [7, 11) is 0. The van der Waals surface area contributed by atoms with Gasteiger partial charge in [0.15, 0.2) is 0 Å². The fraction of sp³-hybridized carbons (Fsp3) is 0.429. The third kappa shape index (κ3) is 5.77. The van der Waals surface area contributed by atoms with Gasteiger partial charge in [-0.05, 0) is 37.8 Å². The van der Waals surface area contributed by atoms with Crippen LogP contribution in [0.1, 0.15) is 39.5 Å². The van der Waals surface area contributed by atoms with E-state index < -0.39 is 11.9 Å². The number of carboxylic acid groups (broad SMARTS) is 2. The Morgan fingerprint density at radius 2 is 1.17 bits per heavy atom. The summed E-state index contributed by atoms with van der Waals surface area (Å²) in [4.78, 5) is 21.9. The quantitative estimate of drug-likeness (QED) is 0.462. The van der Waals surface area contributed by atoms with Gasteiger partial charge in [0.2, 0.25) is 0 Å². The van der Waals surface area contributed by atoms with E-state index in [4.69, 9.17) is 0 Å². The number of hydrogen-bond donors (Lipinski definition) is 0. The van der Waals surface area contributed by atoms with Gasteiger partial charge in [0.05, 0.1) is 11.9 Å². The van der Waals surface area contributed by atoms with Crippen molar-refractivity contribution in [1.82, 2.24) is 0 Å². The average molecular weight is 246 g/mol. The molecule has 0 spiro atoms. The summed E-state index contributed by atoms with van der Waals surface area (Å²) in [5, 5.41) is 21.9. The number of aliphatic carboxylic acids is 2. The summed E-state index contributed by atoms with van der Waals surface area (Å²) in [5.74, 6) is 7.60. The zero-order chi connectivity index (χ0) is 14.0. The molecule has 0 aromatic heterocycles. The molecular weight excluding hydrogens is 232 g/mol. The lowest BCUT2D eigenvalue weighted by molar-refractivity contribution is -0.304. The normalized spacial score (nSPS) is 10.3. The Labute approximate surface area is 107 Å². The van der Waals surface area contributed by atoms with Gasteiger partial charge in [0.25, 0.3) is 0 Å². The van der Waals surface area contributed by atoms with Crippen molar-refractivity contribution >= 4 is 11.9 Å². The van der Waals surface area contributed by atoms with E-state index in [9.17, 15) is 19.8 Å². The highest BCUT2D eigenvalue weighted by Gasteiger charge is 2.08. The van der Waals surface area contributed by atoms with E-state index in [0.29, 0.717) is 0 Å². The molecule has 0 radical (unpaired) electrons. The maximum absolute atomic E-state index is 10.9. The van der Waals surface area contributed by atoms with E-state index in [1.54, 1.807) is 13.8 Å². The molecule has 96 valence electrons. The molecule has 0 rings (SSSR count). The fourth-order valence-corrected chi connectivity index (χ4v) is 1.38. The van der Waals surface area contributed by atoms with Crippen molar-refractivity contribution in [3.05, 3.63) is 11.1 Å². The van der Waals surface area contributed by atoms with Crippen molar-refractivity contribution in [2.24, 2.45) is 0 Å². The minimum Gasteiger partial charge on any atom is -0.545 e. The molecule has 0 fully saturated rings. The molecule has 0 saturated carbocycles. The third-order valence-corrected chi connectivity index (χ3v) is 2.21. The minimum absolute atomic E-state index is 0.0338. The van der Waals surface area contributed by atoms with Crippen LogP contribution in [0.2, 0.25) is 0 Å². The fourth-order valence-electron chi connectivity index (χ4n) is 1.38. The van der Waals surface area contributed by atoms with Crippen LogP contribution in [0.15, 0.2) is 11.1 Å². The van der Waals surface area contributed by atoms with Crippen LogP contribution in [0.5, 0.6) is 0 Å². The van der Waals surface area contributed by atoms with E-state index in [-0.39, 0.29) is 36.8 Å². The number of carboxylic acids is 2. The van der Waals surface area contributed by atoms with Gasteiger partial charge in [-0.15, -0.1) is 23.7 Å². The second-order valence-electron chi connectivity index (χ2n) is 3.39. The van der Waals surface area contributed by atoms with Crippen LogP contribution in [0, 0.1) is 23.7 Å². The van der Waals surface area contributed by atoms with Gasteiger partial charge in [-0.3, -0.25) is 0 Å². The maximum atomic E-state index is 10.9. The molecule has 0 aliphatic rings. The molecule has 0 aliphatic heterocycles. The monoisotopic (exact) mass is 246 g/mol. The molecule has 0 bridgehead atoms. The first-order valence-corrected chi connectivity index (χ1v) is 5.48. The number of carbonyl (C=O) groups is 2. The lowest BCUT2D eigenvalue weighted by Crippen LogP contribution is -2.32. The van der Waals surface area contributed by atoms with Crippen molar-refractivity contribution in [2.75, 3.05) is 0 Å². The van der Waals surface area contributed by atoms with Crippen molar-refractivity contribution in [2.45, 2.75) is 39.5 Å². The van der Waals surface area contributed by atoms with E-state index in [1.807, 2.05) is 0 Å². The van der Waals surface area contributed by atoms with Gasteiger partial charge in [0.1, 0.15) is 0 Å². The number of carbonyl (C=O) groups excluding carboxylic acids is 2. The van der Waals surface area contributed by atoms with Gasteiger partial charge in [-0.2, -0.15) is 0 Å². The average Bonchev–Trinajstić information content (AvgIpc) is 2.31. The van der Waals surface area contributed by atoms with E-state index >= 15 is 0 Å². The molecule has 0 amide bonds. The Morgan fingerprint density at radius 1 is 0.833 bits per heavy atom. The largest absolute Gasteiger partial charge is 0.545 e. The highest BCUT2D eigenvalue weighted by Crippen LogP contribution is 2.15. The lowest BCUT2D eigenvalue weighted by atomic mass is 9.99. The molecule has 4 heteroatoms.